The van der Waals surface area contributed by atoms with Crippen LogP contribution in [0.25, 0.3) is 0 Å². The highest BCUT2D eigenvalue weighted by Crippen LogP contribution is 2.13. The monoisotopic (exact) mass is 165 g/mol. The van der Waals surface area contributed by atoms with E-state index in [-0.39, 0.29) is 5.76 Å². The second-order valence-corrected chi connectivity index (χ2v) is 2.40. The van der Waals surface area contributed by atoms with Gasteiger partial charge in [0, 0.05) is 6.21 Å². The van der Waals surface area contributed by atoms with E-state index in [1.807, 2.05) is 13.8 Å². The molecule has 0 saturated heterocycles. The molecule has 0 aliphatic rings. The highest BCUT2D eigenvalue weighted by atomic mass is 16.3. The smallest absolute Gasteiger partial charge is 0.141 e. The van der Waals surface area contributed by atoms with Crippen molar-refractivity contribution < 1.29 is 5.11 Å². The van der Waals surface area contributed by atoms with Gasteiger partial charge < -0.3 is 5.11 Å². The zero-order valence-electron chi connectivity index (χ0n) is 7.83. The van der Waals surface area contributed by atoms with E-state index in [1.165, 1.54) is 0 Å². The lowest BCUT2D eigenvalue weighted by Crippen LogP contribution is -1.87. The molecule has 2 nitrogen and oxygen atoms in total. The first-order valence-electron chi connectivity index (χ1n) is 3.84. The van der Waals surface area contributed by atoms with Gasteiger partial charge in [-0.2, -0.15) is 0 Å². The normalized spacial score (nSPS) is 13.9. The van der Waals surface area contributed by atoms with E-state index in [9.17, 15) is 5.11 Å². The summed E-state index contributed by atoms with van der Waals surface area (Å²) in [6.45, 7) is 9.15. The summed E-state index contributed by atoms with van der Waals surface area (Å²) in [7, 11) is 0. The van der Waals surface area contributed by atoms with Crippen LogP contribution in [0.2, 0.25) is 0 Å². The summed E-state index contributed by atoms with van der Waals surface area (Å²) in [6.07, 6.45) is 4.98. The van der Waals surface area contributed by atoms with E-state index < -0.39 is 0 Å². The van der Waals surface area contributed by atoms with Crippen molar-refractivity contribution in [3.8, 4) is 0 Å². The van der Waals surface area contributed by atoms with Crippen molar-refractivity contribution in [2.24, 2.45) is 4.99 Å². The molecule has 0 aromatic carbocycles. The lowest BCUT2D eigenvalue weighted by molar-refractivity contribution is 0.426. The summed E-state index contributed by atoms with van der Waals surface area (Å²) in [5.74, 6) is 0.156. The number of aliphatic hydroxyl groups excluding tert-OH is 1. The lowest BCUT2D eigenvalue weighted by atomic mass is 10.2. The van der Waals surface area contributed by atoms with Crippen LogP contribution < -0.4 is 0 Å². The van der Waals surface area contributed by atoms with Gasteiger partial charge in [-0.15, -0.1) is 0 Å². The van der Waals surface area contributed by atoms with Crippen LogP contribution in [0.5, 0.6) is 0 Å². The molecule has 0 rings (SSSR count). The van der Waals surface area contributed by atoms with Crippen molar-refractivity contribution >= 4 is 6.21 Å². The summed E-state index contributed by atoms with van der Waals surface area (Å²) >= 11 is 0. The van der Waals surface area contributed by atoms with Crippen LogP contribution in [0.1, 0.15) is 20.8 Å². The zero-order valence-corrected chi connectivity index (χ0v) is 7.83. The molecule has 0 heterocycles. The molecule has 2 heteroatoms. The lowest BCUT2D eigenvalue weighted by Gasteiger charge is -2.00. The van der Waals surface area contributed by atoms with E-state index in [2.05, 4.69) is 11.6 Å². The zero-order chi connectivity index (χ0) is 9.56. The minimum Gasteiger partial charge on any atom is -0.506 e. The average Bonchev–Trinajstić information content (AvgIpc) is 1.99. The largest absolute Gasteiger partial charge is 0.506 e. The minimum absolute atomic E-state index is 0.156. The molecule has 0 aliphatic carbocycles. The van der Waals surface area contributed by atoms with Gasteiger partial charge in [0.05, 0.1) is 0 Å². The van der Waals surface area contributed by atoms with Crippen molar-refractivity contribution in [3.63, 3.8) is 0 Å². The summed E-state index contributed by atoms with van der Waals surface area (Å²) in [5, 5.41) is 9.43. The third-order valence-electron chi connectivity index (χ3n) is 1.23. The van der Waals surface area contributed by atoms with Gasteiger partial charge in [0.2, 0.25) is 0 Å². The number of hydrogen-bond donors (Lipinski definition) is 1. The molecular weight excluding hydrogens is 150 g/mol. The molecule has 0 bridgehead atoms. The van der Waals surface area contributed by atoms with Gasteiger partial charge in [-0.25, -0.2) is 0 Å². The summed E-state index contributed by atoms with van der Waals surface area (Å²) in [6, 6.07) is 0. The topological polar surface area (TPSA) is 32.6 Å². The quantitative estimate of drug-likeness (QED) is 0.389. The van der Waals surface area contributed by atoms with E-state index in [4.69, 9.17) is 0 Å². The van der Waals surface area contributed by atoms with Crippen molar-refractivity contribution in [1.29, 1.82) is 0 Å². The van der Waals surface area contributed by atoms with E-state index in [0.29, 0.717) is 5.70 Å². The third kappa shape index (κ3) is 3.19. The van der Waals surface area contributed by atoms with Gasteiger partial charge in [-0.3, -0.25) is 4.99 Å². The van der Waals surface area contributed by atoms with Gasteiger partial charge in [0.15, 0.2) is 0 Å². The number of allylic oxidation sites excluding steroid dienone is 3. The Morgan fingerprint density at radius 1 is 1.42 bits per heavy atom. The van der Waals surface area contributed by atoms with Gasteiger partial charge >= 0.3 is 0 Å². The first kappa shape index (κ1) is 10.7. The van der Waals surface area contributed by atoms with Crippen molar-refractivity contribution in [2.45, 2.75) is 20.8 Å². The molecule has 0 aliphatic heterocycles. The Balaban J connectivity index is 4.93. The second kappa shape index (κ2) is 5.35. The molecule has 1 N–H and O–H groups in total. The molecule has 66 valence electrons. The van der Waals surface area contributed by atoms with Gasteiger partial charge in [-0.05, 0) is 32.4 Å². The molecule has 0 aromatic rings. The number of aliphatic imine (C=N–C) groups is 1. The van der Waals surface area contributed by atoms with E-state index in [0.717, 1.165) is 5.57 Å². The predicted octanol–water partition coefficient (Wildman–Crippen LogP) is 3.00. The van der Waals surface area contributed by atoms with Gasteiger partial charge in [0.25, 0.3) is 0 Å². The highest BCUT2D eigenvalue weighted by Gasteiger charge is 2.00. The Hall–Kier alpha value is -1.31. The van der Waals surface area contributed by atoms with Crippen molar-refractivity contribution in [1.82, 2.24) is 0 Å². The van der Waals surface area contributed by atoms with Crippen LogP contribution in [-0.4, -0.2) is 11.3 Å². The van der Waals surface area contributed by atoms with Gasteiger partial charge in [0.1, 0.15) is 11.5 Å². The van der Waals surface area contributed by atoms with Gasteiger partial charge in [-0.1, -0.05) is 12.7 Å². The Morgan fingerprint density at radius 2 is 2.00 bits per heavy atom. The molecular formula is C10H15NO. The summed E-state index contributed by atoms with van der Waals surface area (Å²) < 4.78 is 0. The van der Waals surface area contributed by atoms with Crippen LogP contribution in [0.4, 0.5) is 0 Å². The fraction of sp³-hybridized carbons (Fsp3) is 0.300. The van der Waals surface area contributed by atoms with Crippen LogP contribution in [0.15, 0.2) is 40.8 Å². The first-order valence-corrected chi connectivity index (χ1v) is 3.84. The molecule has 0 spiro atoms. The molecule has 0 fully saturated rings. The number of rotatable bonds is 3. The molecule has 12 heavy (non-hydrogen) atoms. The fourth-order valence-corrected chi connectivity index (χ4v) is 0.761. The Morgan fingerprint density at radius 3 is 2.33 bits per heavy atom. The van der Waals surface area contributed by atoms with Crippen LogP contribution >= 0.6 is 0 Å². The Kier molecular flexibility index (Phi) is 4.77. The number of nitrogens with zero attached hydrogens (tertiary/aromatic N) is 1. The average molecular weight is 165 g/mol. The van der Waals surface area contributed by atoms with E-state index in [1.54, 1.807) is 25.3 Å². The molecule has 0 atom stereocenters. The molecule has 0 aromatic heterocycles. The van der Waals surface area contributed by atoms with Crippen LogP contribution in [-0.2, 0) is 0 Å². The maximum atomic E-state index is 9.43. The first-order chi connectivity index (χ1) is 5.63. The fourth-order valence-electron chi connectivity index (χ4n) is 0.761. The Bertz CT molecular complexity index is 247. The van der Waals surface area contributed by atoms with Crippen LogP contribution in [0, 0.1) is 0 Å². The van der Waals surface area contributed by atoms with E-state index >= 15 is 0 Å². The minimum atomic E-state index is 0.156. The summed E-state index contributed by atoms with van der Waals surface area (Å²) in [5.41, 5.74) is 1.29. The molecule has 0 unspecified atom stereocenters. The SMILES string of the molecule is C=C(C)C(/N=C\C)=C(O)\C=C/C. The third-order valence-corrected chi connectivity index (χ3v) is 1.23. The number of hydrogen-bond acceptors (Lipinski definition) is 2. The standard InChI is InChI=1S/C10H15NO/c1-5-7-9(12)10(8(3)4)11-6-2/h5-7,12H,3H2,1-2,4H3/b7-5-,10-9-,11-6-. The van der Waals surface area contributed by atoms with Crippen LogP contribution in [0.3, 0.4) is 0 Å². The highest BCUT2D eigenvalue weighted by molar-refractivity contribution is 5.57. The number of aliphatic hydroxyl groups is 1. The maximum Gasteiger partial charge on any atom is 0.141 e. The molecule has 0 saturated carbocycles. The predicted molar refractivity (Wildman–Crippen MR) is 53.4 cm³/mol. The Labute approximate surface area is 73.6 Å². The second-order valence-electron chi connectivity index (χ2n) is 2.40. The maximum absolute atomic E-state index is 9.43. The molecule has 0 radical (unpaired) electrons. The molecule has 0 amide bonds. The van der Waals surface area contributed by atoms with Crippen molar-refractivity contribution in [3.05, 3.63) is 35.8 Å². The summed E-state index contributed by atoms with van der Waals surface area (Å²) in [4.78, 5) is 4.00. The van der Waals surface area contributed by atoms with Crippen molar-refractivity contribution in [2.75, 3.05) is 0 Å².